The number of hydrogen-bond donors (Lipinski definition) is 1. The normalized spacial score (nSPS) is 16.9. The molecule has 1 N–H and O–H groups in total. The van der Waals surface area contributed by atoms with Gasteiger partial charge in [0.05, 0.1) is 25.2 Å². The van der Waals surface area contributed by atoms with E-state index in [0.717, 1.165) is 0 Å². The van der Waals surface area contributed by atoms with Crippen molar-refractivity contribution in [2.45, 2.75) is 13.0 Å². The summed E-state index contributed by atoms with van der Waals surface area (Å²) >= 11 is 0. The van der Waals surface area contributed by atoms with Crippen LogP contribution in [0.15, 0.2) is 0 Å². The monoisotopic (exact) mass is 274 g/mol. The first-order valence-electron chi connectivity index (χ1n) is 6.27. The van der Waals surface area contributed by atoms with Gasteiger partial charge < -0.3 is 24.4 Å². The van der Waals surface area contributed by atoms with Crippen molar-refractivity contribution < 1.29 is 24.2 Å². The number of hydrogen-bond acceptors (Lipinski definition) is 4. The van der Waals surface area contributed by atoms with Gasteiger partial charge in [-0.3, -0.25) is 4.79 Å². The quantitative estimate of drug-likeness (QED) is 0.712. The third-order valence-electron chi connectivity index (χ3n) is 3.22. The van der Waals surface area contributed by atoms with E-state index in [2.05, 4.69) is 0 Å². The lowest BCUT2D eigenvalue weighted by molar-refractivity contribution is -0.146. The minimum absolute atomic E-state index is 0.0727. The van der Waals surface area contributed by atoms with Crippen molar-refractivity contribution in [3.8, 4) is 0 Å². The second-order valence-corrected chi connectivity index (χ2v) is 4.71. The molecule has 0 saturated carbocycles. The number of carbonyl (C=O) groups is 2. The number of methoxy groups -OCH3 is 2. The van der Waals surface area contributed by atoms with E-state index in [1.54, 1.807) is 24.0 Å². The molecule has 7 nitrogen and oxygen atoms in total. The number of urea groups is 1. The van der Waals surface area contributed by atoms with Crippen LogP contribution in [-0.2, 0) is 14.3 Å². The van der Waals surface area contributed by atoms with Crippen molar-refractivity contribution in [2.24, 2.45) is 5.92 Å². The molecule has 0 aromatic rings. The van der Waals surface area contributed by atoms with Crippen LogP contribution in [0.2, 0.25) is 0 Å². The maximum absolute atomic E-state index is 12.3. The van der Waals surface area contributed by atoms with Crippen LogP contribution in [0.4, 0.5) is 4.79 Å². The van der Waals surface area contributed by atoms with E-state index in [9.17, 15) is 9.59 Å². The van der Waals surface area contributed by atoms with Crippen LogP contribution in [0.25, 0.3) is 0 Å². The minimum atomic E-state index is -0.850. The molecule has 1 aliphatic rings. The summed E-state index contributed by atoms with van der Waals surface area (Å²) in [5, 5.41) is 8.81. The summed E-state index contributed by atoms with van der Waals surface area (Å²) in [6, 6.07) is -0.226. The van der Waals surface area contributed by atoms with Crippen LogP contribution < -0.4 is 0 Å². The number of carboxylic acids is 1. The third kappa shape index (κ3) is 4.07. The van der Waals surface area contributed by atoms with Crippen LogP contribution in [-0.4, -0.2) is 80.0 Å². The molecule has 1 saturated heterocycles. The summed E-state index contributed by atoms with van der Waals surface area (Å²) in [5.41, 5.74) is 0. The number of amides is 2. The first-order valence-corrected chi connectivity index (χ1v) is 6.27. The summed E-state index contributed by atoms with van der Waals surface area (Å²) < 4.78 is 10.1. The van der Waals surface area contributed by atoms with Gasteiger partial charge in [0, 0.05) is 33.9 Å². The Kier molecular flexibility index (Phi) is 6.04. The molecule has 0 aromatic carbocycles. The summed E-state index contributed by atoms with van der Waals surface area (Å²) in [5.74, 6) is -1.29. The van der Waals surface area contributed by atoms with Gasteiger partial charge in [-0.25, -0.2) is 4.79 Å². The molecule has 2 amide bonds. The molecule has 19 heavy (non-hydrogen) atoms. The molecule has 0 spiro atoms. The molecule has 1 heterocycles. The molecule has 110 valence electrons. The van der Waals surface area contributed by atoms with E-state index in [-0.39, 0.29) is 25.2 Å². The predicted molar refractivity (Wildman–Crippen MR) is 68.0 cm³/mol. The Morgan fingerprint density at radius 1 is 1.37 bits per heavy atom. The highest BCUT2D eigenvalue weighted by molar-refractivity contribution is 5.80. The van der Waals surface area contributed by atoms with Gasteiger partial charge in [-0.05, 0) is 6.92 Å². The predicted octanol–water partition coefficient (Wildman–Crippen LogP) is 0.106. The highest BCUT2D eigenvalue weighted by atomic mass is 16.5. The summed E-state index contributed by atoms with van der Waals surface area (Å²) in [6.45, 7) is 3.79. The van der Waals surface area contributed by atoms with E-state index in [0.29, 0.717) is 19.8 Å². The molecule has 0 aromatic heterocycles. The molecule has 7 heteroatoms. The Morgan fingerprint density at radius 2 is 2.00 bits per heavy atom. The Labute approximate surface area is 113 Å². The summed E-state index contributed by atoms with van der Waals surface area (Å²) in [4.78, 5) is 26.2. The highest BCUT2D eigenvalue weighted by Gasteiger charge is 2.38. The molecule has 1 atom stereocenters. The first kappa shape index (κ1) is 15.7. The topological polar surface area (TPSA) is 79.3 Å². The van der Waals surface area contributed by atoms with Crippen molar-refractivity contribution in [1.29, 1.82) is 0 Å². The summed E-state index contributed by atoms with van der Waals surface area (Å²) in [7, 11) is 3.16. The molecule has 1 rings (SSSR count). The van der Waals surface area contributed by atoms with Gasteiger partial charge in [0.25, 0.3) is 0 Å². The van der Waals surface area contributed by atoms with Crippen molar-refractivity contribution in [1.82, 2.24) is 9.80 Å². The fraction of sp³-hybridized carbons (Fsp3) is 0.833. The van der Waals surface area contributed by atoms with Crippen LogP contribution in [0, 0.1) is 5.92 Å². The number of likely N-dealkylation sites (tertiary alicyclic amines) is 1. The van der Waals surface area contributed by atoms with Gasteiger partial charge in [0.1, 0.15) is 0 Å². The number of nitrogens with zero attached hydrogens (tertiary/aromatic N) is 2. The first-order chi connectivity index (χ1) is 9.01. The van der Waals surface area contributed by atoms with Crippen molar-refractivity contribution >= 4 is 12.0 Å². The second kappa shape index (κ2) is 7.30. The zero-order chi connectivity index (χ0) is 14.4. The molecule has 0 aliphatic carbocycles. The van der Waals surface area contributed by atoms with Crippen molar-refractivity contribution in [3.63, 3.8) is 0 Å². The Balaban J connectivity index is 2.54. The smallest absolute Gasteiger partial charge is 0.320 e. The number of rotatable bonds is 7. The molecule has 0 radical (unpaired) electrons. The van der Waals surface area contributed by atoms with Crippen LogP contribution in [0.5, 0.6) is 0 Å². The van der Waals surface area contributed by atoms with E-state index in [1.807, 2.05) is 6.92 Å². The second-order valence-electron chi connectivity index (χ2n) is 4.71. The average Bonchev–Trinajstić information content (AvgIpc) is 2.27. The van der Waals surface area contributed by atoms with Gasteiger partial charge in [0.15, 0.2) is 0 Å². The largest absolute Gasteiger partial charge is 0.481 e. The fourth-order valence-corrected chi connectivity index (χ4v) is 2.00. The molecule has 1 unspecified atom stereocenters. The lowest BCUT2D eigenvalue weighted by Crippen LogP contribution is -2.59. The average molecular weight is 274 g/mol. The Morgan fingerprint density at radius 3 is 2.47 bits per heavy atom. The molecule has 0 bridgehead atoms. The standard InChI is InChI=1S/C12H22N2O5/c1-9(8-19-3)14(4-5-18-2)12(17)13-6-10(7-13)11(15)16/h9-10H,4-8H2,1-3H3,(H,15,16). The van der Waals surface area contributed by atoms with Gasteiger partial charge in [-0.1, -0.05) is 0 Å². The number of aliphatic carboxylic acids is 1. The zero-order valence-corrected chi connectivity index (χ0v) is 11.7. The van der Waals surface area contributed by atoms with Gasteiger partial charge in [0.2, 0.25) is 0 Å². The van der Waals surface area contributed by atoms with Crippen LogP contribution in [0.1, 0.15) is 6.92 Å². The molecule has 1 aliphatic heterocycles. The van der Waals surface area contributed by atoms with E-state index in [1.165, 1.54) is 0 Å². The van der Waals surface area contributed by atoms with E-state index in [4.69, 9.17) is 14.6 Å². The van der Waals surface area contributed by atoms with Crippen LogP contribution in [0.3, 0.4) is 0 Å². The van der Waals surface area contributed by atoms with Gasteiger partial charge in [-0.15, -0.1) is 0 Å². The maximum atomic E-state index is 12.3. The lowest BCUT2D eigenvalue weighted by Gasteiger charge is -2.41. The lowest BCUT2D eigenvalue weighted by atomic mass is 10.0. The molecular formula is C12H22N2O5. The Hall–Kier alpha value is -1.34. The zero-order valence-electron chi connectivity index (χ0n) is 11.7. The maximum Gasteiger partial charge on any atom is 0.320 e. The number of carbonyl (C=O) groups excluding carboxylic acids is 1. The molecular weight excluding hydrogens is 252 g/mol. The Bertz CT molecular complexity index is 317. The summed E-state index contributed by atoms with van der Waals surface area (Å²) in [6.07, 6.45) is 0. The van der Waals surface area contributed by atoms with Crippen LogP contribution >= 0.6 is 0 Å². The highest BCUT2D eigenvalue weighted by Crippen LogP contribution is 2.18. The fourth-order valence-electron chi connectivity index (χ4n) is 2.00. The van der Waals surface area contributed by atoms with Crippen molar-refractivity contribution in [3.05, 3.63) is 0 Å². The van der Waals surface area contributed by atoms with Gasteiger partial charge in [-0.2, -0.15) is 0 Å². The van der Waals surface area contributed by atoms with Gasteiger partial charge >= 0.3 is 12.0 Å². The van der Waals surface area contributed by atoms with Crippen molar-refractivity contribution in [2.75, 3.05) is 47.1 Å². The third-order valence-corrected chi connectivity index (χ3v) is 3.22. The number of ether oxygens (including phenoxy) is 2. The van der Waals surface area contributed by atoms with E-state index < -0.39 is 11.9 Å². The SMILES string of the molecule is COCCN(C(=O)N1CC(C(=O)O)C1)C(C)COC. The number of carboxylic acid groups (broad SMARTS) is 1. The minimum Gasteiger partial charge on any atom is -0.481 e. The molecule has 1 fully saturated rings. The van der Waals surface area contributed by atoms with E-state index >= 15 is 0 Å².